The summed E-state index contributed by atoms with van der Waals surface area (Å²) in [6.45, 7) is 0. The third kappa shape index (κ3) is 4.00. The number of nitrogens with one attached hydrogen (secondary N) is 1. The van der Waals surface area contributed by atoms with E-state index < -0.39 is 0 Å². The van der Waals surface area contributed by atoms with Crippen molar-refractivity contribution in [3.05, 3.63) is 99.9 Å². The van der Waals surface area contributed by atoms with Crippen molar-refractivity contribution in [2.75, 3.05) is 0 Å². The van der Waals surface area contributed by atoms with E-state index in [0.29, 0.717) is 15.9 Å². The molecule has 0 unspecified atom stereocenters. The molecule has 158 valence electrons. The zero-order valence-electron chi connectivity index (χ0n) is 16.0. The molecule has 5 nitrogen and oxygen atoms in total. The van der Waals surface area contributed by atoms with Crippen LogP contribution >= 0.6 is 23.2 Å². The lowest BCUT2D eigenvalue weighted by Crippen LogP contribution is -2.05. The Balaban J connectivity index is 0.000000149. The normalized spacial score (nSPS) is 10.7. The Hall–Kier alpha value is -3.54. The Bertz CT molecular complexity index is 1650. The largest absolute Gasteiger partial charge is 0.313 e. The van der Waals surface area contributed by atoms with Gasteiger partial charge in [0, 0.05) is 32.4 Å². The van der Waals surface area contributed by atoms with Gasteiger partial charge < -0.3 is 4.98 Å². The lowest BCUT2D eigenvalue weighted by Gasteiger charge is -2.02. The molecule has 0 aliphatic rings. The highest BCUT2D eigenvalue weighted by atomic mass is 35.5. The maximum Gasteiger partial charge on any atom is 0.258 e. The van der Waals surface area contributed by atoms with E-state index in [2.05, 4.69) is 19.9 Å². The Morgan fingerprint density at radius 3 is 2.00 bits per heavy atom. The van der Waals surface area contributed by atoms with Crippen LogP contribution in [0.1, 0.15) is 7.43 Å². The zero-order valence-corrected chi connectivity index (χ0v) is 17.5. The first-order valence-corrected chi connectivity index (χ1v) is 10.2. The van der Waals surface area contributed by atoms with E-state index in [-0.39, 0.29) is 13.0 Å². The zero-order chi connectivity index (χ0) is 21.4. The summed E-state index contributed by atoms with van der Waals surface area (Å²) in [7, 11) is 0. The van der Waals surface area contributed by atoms with Crippen LogP contribution in [-0.2, 0) is 0 Å². The van der Waals surface area contributed by atoms with Gasteiger partial charge in [-0.25, -0.2) is 15.0 Å². The van der Waals surface area contributed by atoms with Gasteiger partial charge in [0.25, 0.3) is 5.56 Å². The monoisotopic (exact) mass is 460 g/mol. The fourth-order valence-electron chi connectivity index (χ4n) is 3.59. The van der Waals surface area contributed by atoms with Gasteiger partial charge >= 0.3 is 0 Å². The topological polar surface area (TPSA) is 71.5 Å². The van der Waals surface area contributed by atoms with E-state index in [9.17, 15) is 4.79 Å². The minimum absolute atomic E-state index is 0. The van der Waals surface area contributed by atoms with Crippen LogP contribution in [0.2, 0.25) is 10.0 Å². The van der Waals surface area contributed by atoms with E-state index in [0.717, 1.165) is 37.5 Å². The summed E-state index contributed by atoms with van der Waals surface area (Å²) in [5.74, 6) is 0. The molecule has 0 aliphatic carbocycles. The van der Waals surface area contributed by atoms with Crippen LogP contribution < -0.4 is 5.56 Å². The van der Waals surface area contributed by atoms with Gasteiger partial charge in [-0.3, -0.25) is 4.79 Å². The molecule has 0 saturated heterocycles. The van der Waals surface area contributed by atoms with E-state index in [1.165, 1.54) is 6.33 Å². The predicted molar refractivity (Wildman–Crippen MR) is 134 cm³/mol. The van der Waals surface area contributed by atoms with Crippen molar-refractivity contribution >= 4 is 66.6 Å². The Labute approximate surface area is 193 Å². The number of benzene rings is 4. The van der Waals surface area contributed by atoms with Crippen LogP contribution in [0.3, 0.4) is 0 Å². The maximum atomic E-state index is 11.6. The summed E-state index contributed by atoms with van der Waals surface area (Å²) >= 11 is 11.8. The quantitative estimate of drug-likeness (QED) is 0.253. The molecule has 32 heavy (non-hydrogen) atoms. The molecule has 1 N–H and O–H groups in total. The van der Waals surface area contributed by atoms with Crippen molar-refractivity contribution in [3.63, 3.8) is 0 Å². The highest BCUT2D eigenvalue weighted by molar-refractivity contribution is 6.32. The first kappa shape index (κ1) is 21.7. The SMILES string of the molecule is C.Clc1ccc2c(ccc3cncnc32)c1.O=c1[nH]cnc2c1ccc1cc(Cl)ccc12. The molecule has 2 heterocycles. The van der Waals surface area contributed by atoms with Crippen molar-refractivity contribution in [2.24, 2.45) is 0 Å². The van der Waals surface area contributed by atoms with Gasteiger partial charge in [-0.2, -0.15) is 0 Å². The van der Waals surface area contributed by atoms with Gasteiger partial charge in [0.1, 0.15) is 6.33 Å². The summed E-state index contributed by atoms with van der Waals surface area (Å²) in [4.78, 5) is 26.6. The maximum absolute atomic E-state index is 11.6. The van der Waals surface area contributed by atoms with Crippen molar-refractivity contribution < 1.29 is 0 Å². The lowest BCUT2D eigenvalue weighted by molar-refractivity contribution is 1.18. The standard InChI is InChI=1S/C12H7ClN2O.C12H7ClN2.CH4/c13-8-2-4-9-7(5-8)1-3-10-11(9)14-6-15-12(10)16;13-10-3-4-11-8(5-10)1-2-9-6-14-7-15-12(9)11;/h1-6H,(H,14,15,16);1-7H;1H4. The van der Waals surface area contributed by atoms with Crippen LogP contribution in [0.15, 0.2) is 84.3 Å². The Kier molecular flexibility index (Phi) is 6.04. The van der Waals surface area contributed by atoms with Gasteiger partial charge in [-0.1, -0.05) is 61.0 Å². The van der Waals surface area contributed by atoms with E-state index in [1.807, 2.05) is 54.7 Å². The van der Waals surface area contributed by atoms with Gasteiger partial charge in [0.05, 0.1) is 22.7 Å². The first-order valence-electron chi connectivity index (χ1n) is 9.44. The third-order valence-electron chi connectivity index (χ3n) is 5.04. The first-order chi connectivity index (χ1) is 15.1. The molecular formula is C25H18Cl2N4O. The minimum atomic E-state index is -0.123. The van der Waals surface area contributed by atoms with Gasteiger partial charge in [-0.05, 0) is 41.1 Å². The van der Waals surface area contributed by atoms with Crippen molar-refractivity contribution in [1.29, 1.82) is 0 Å². The minimum Gasteiger partial charge on any atom is -0.313 e. The number of rotatable bonds is 0. The summed E-state index contributed by atoms with van der Waals surface area (Å²) in [5, 5.41) is 7.20. The number of H-pyrrole nitrogens is 1. The molecule has 0 fully saturated rings. The number of aromatic amines is 1. The molecule has 0 atom stereocenters. The molecule has 6 rings (SSSR count). The molecule has 7 heteroatoms. The van der Waals surface area contributed by atoms with Gasteiger partial charge in [-0.15, -0.1) is 0 Å². The second-order valence-corrected chi connectivity index (χ2v) is 7.82. The number of aromatic nitrogens is 4. The van der Waals surface area contributed by atoms with Crippen LogP contribution in [0.25, 0.3) is 43.4 Å². The second kappa shape index (κ2) is 8.91. The Morgan fingerprint density at radius 1 is 0.688 bits per heavy atom. The highest BCUT2D eigenvalue weighted by Crippen LogP contribution is 2.26. The van der Waals surface area contributed by atoms with E-state index >= 15 is 0 Å². The van der Waals surface area contributed by atoms with Crippen LogP contribution in [0.5, 0.6) is 0 Å². The fraction of sp³-hybridized carbons (Fsp3) is 0.0400. The summed E-state index contributed by atoms with van der Waals surface area (Å²) in [6, 6.07) is 19.0. The lowest BCUT2D eigenvalue weighted by atomic mass is 10.1. The van der Waals surface area contributed by atoms with Crippen LogP contribution in [-0.4, -0.2) is 19.9 Å². The van der Waals surface area contributed by atoms with E-state index in [1.54, 1.807) is 18.5 Å². The summed E-state index contributed by atoms with van der Waals surface area (Å²) < 4.78 is 0. The number of nitrogens with zero attached hydrogens (tertiary/aromatic N) is 3. The molecule has 0 amide bonds. The van der Waals surface area contributed by atoms with Crippen molar-refractivity contribution in [3.8, 4) is 0 Å². The third-order valence-corrected chi connectivity index (χ3v) is 5.51. The highest BCUT2D eigenvalue weighted by Gasteiger charge is 2.04. The number of hydrogen-bond acceptors (Lipinski definition) is 4. The van der Waals surface area contributed by atoms with E-state index in [4.69, 9.17) is 23.2 Å². The summed E-state index contributed by atoms with van der Waals surface area (Å²) in [6.07, 6.45) is 4.80. The van der Waals surface area contributed by atoms with Crippen LogP contribution in [0.4, 0.5) is 0 Å². The molecule has 6 aromatic rings. The molecule has 0 radical (unpaired) electrons. The predicted octanol–water partition coefficient (Wildman–Crippen LogP) is 6.80. The smallest absolute Gasteiger partial charge is 0.258 e. The van der Waals surface area contributed by atoms with Gasteiger partial charge in [0.2, 0.25) is 0 Å². The van der Waals surface area contributed by atoms with Crippen LogP contribution in [0, 0.1) is 0 Å². The molecule has 0 bridgehead atoms. The molecule has 2 aromatic heterocycles. The Morgan fingerprint density at radius 2 is 1.28 bits per heavy atom. The molecular weight excluding hydrogens is 443 g/mol. The molecule has 0 spiro atoms. The van der Waals surface area contributed by atoms with Gasteiger partial charge in [0.15, 0.2) is 0 Å². The fourth-order valence-corrected chi connectivity index (χ4v) is 3.95. The van der Waals surface area contributed by atoms with Crippen molar-refractivity contribution in [2.45, 2.75) is 7.43 Å². The average Bonchev–Trinajstić information content (AvgIpc) is 2.79. The number of hydrogen-bond donors (Lipinski definition) is 1. The molecule has 0 aliphatic heterocycles. The summed E-state index contributed by atoms with van der Waals surface area (Å²) in [5.41, 5.74) is 1.55. The average molecular weight is 461 g/mol. The number of fused-ring (bicyclic) bond motifs is 6. The second-order valence-electron chi connectivity index (χ2n) is 6.95. The molecule has 0 saturated carbocycles. The number of halogens is 2. The van der Waals surface area contributed by atoms with Crippen molar-refractivity contribution in [1.82, 2.24) is 19.9 Å². The molecule has 4 aromatic carbocycles.